The maximum absolute atomic E-state index is 12.4. The number of rotatable bonds is 4. The number of carbonyl (C=O) groups excluding carboxylic acids is 1. The minimum atomic E-state index is 0.0990. The van der Waals surface area contributed by atoms with E-state index in [0.717, 1.165) is 36.7 Å². The fraction of sp³-hybridized carbons (Fsp3) is 0.421. The first-order chi connectivity index (χ1) is 12.1. The van der Waals surface area contributed by atoms with Crippen LogP contribution in [0.1, 0.15) is 28.2 Å². The topological polar surface area (TPSA) is 55.3 Å². The van der Waals surface area contributed by atoms with Gasteiger partial charge < -0.3 is 9.64 Å². The molecule has 2 saturated heterocycles. The molecule has 2 fully saturated rings. The molecular weight excluding hydrogens is 334 g/mol. The highest BCUT2D eigenvalue weighted by Gasteiger charge is 2.50. The van der Waals surface area contributed by atoms with Gasteiger partial charge in [-0.15, -0.1) is 11.8 Å². The summed E-state index contributed by atoms with van der Waals surface area (Å²) in [6.45, 7) is 4.16. The lowest BCUT2D eigenvalue weighted by Gasteiger charge is -2.47. The maximum Gasteiger partial charge on any atom is 0.254 e. The average Bonchev–Trinajstić information content (AvgIpc) is 3.04. The van der Waals surface area contributed by atoms with Crippen LogP contribution in [0.4, 0.5) is 0 Å². The van der Waals surface area contributed by atoms with Crippen molar-refractivity contribution < 1.29 is 9.53 Å². The van der Waals surface area contributed by atoms with Crippen LogP contribution in [0.2, 0.25) is 0 Å². The first-order valence-electron chi connectivity index (χ1n) is 8.51. The van der Waals surface area contributed by atoms with E-state index in [1.165, 1.54) is 0 Å². The SMILES string of the molecule is Cc1cccc(COC2CSC3(C2)CN(C(=O)c2ccncc2)C3)n1. The smallest absolute Gasteiger partial charge is 0.254 e. The molecule has 5 nitrogen and oxygen atoms in total. The standard InChI is InChI=1S/C19H21N3O2S/c1-14-3-2-4-16(21-14)10-24-17-9-19(25-11-17)12-22(13-19)18(23)15-5-7-20-8-6-15/h2-8,17H,9-13H2,1H3. The Hall–Kier alpha value is -1.92. The number of amides is 1. The Kier molecular flexibility index (Phi) is 4.48. The van der Waals surface area contributed by atoms with Crippen LogP contribution in [0.15, 0.2) is 42.7 Å². The second kappa shape index (κ2) is 6.77. The molecule has 1 spiro atoms. The van der Waals surface area contributed by atoms with Gasteiger partial charge in [0.2, 0.25) is 0 Å². The molecule has 0 saturated carbocycles. The Morgan fingerprint density at radius 1 is 1.32 bits per heavy atom. The Morgan fingerprint density at radius 2 is 2.12 bits per heavy atom. The van der Waals surface area contributed by atoms with Crippen molar-refractivity contribution in [3.05, 3.63) is 59.7 Å². The summed E-state index contributed by atoms with van der Waals surface area (Å²) in [4.78, 5) is 22.8. The van der Waals surface area contributed by atoms with E-state index in [4.69, 9.17) is 4.74 Å². The number of likely N-dealkylation sites (tertiary alicyclic amines) is 1. The van der Waals surface area contributed by atoms with Crippen molar-refractivity contribution in [2.24, 2.45) is 0 Å². The van der Waals surface area contributed by atoms with E-state index in [2.05, 4.69) is 9.97 Å². The number of pyridine rings is 2. The van der Waals surface area contributed by atoms with E-state index in [1.54, 1.807) is 24.5 Å². The lowest BCUT2D eigenvalue weighted by Crippen LogP contribution is -2.60. The lowest BCUT2D eigenvalue weighted by atomic mass is 9.92. The van der Waals surface area contributed by atoms with Gasteiger partial charge in [0.25, 0.3) is 5.91 Å². The molecule has 0 aromatic carbocycles. The molecule has 6 heteroatoms. The Morgan fingerprint density at radius 3 is 2.88 bits per heavy atom. The zero-order chi connectivity index (χ0) is 17.3. The van der Waals surface area contributed by atoms with E-state index >= 15 is 0 Å². The van der Waals surface area contributed by atoms with E-state index in [0.29, 0.717) is 12.2 Å². The lowest BCUT2D eigenvalue weighted by molar-refractivity contribution is 0.0245. The molecule has 1 unspecified atom stereocenters. The van der Waals surface area contributed by atoms with Crippen molar-refractivity contribution in [1.29, 1.82) is 0 Å². The first kappa shape index (κ1) is 16.5. The van der Waals surface area contributed by atoms with Crippen LogP contribution in [0, 0.1) is 6.92 Å². The molecule has 2 aromatic heterocycles. The van der Waals surface area contributed by atoms with Crippen LogP contribution in [0.25, 0.3) is 0 Å². The van der Waals surface area contributed by atoms with Gasteiger partial charge in [-0.3, -0.25) is 14.8 Å². The van der Waals surface area contributed by atoms with Crippen molar-refractivity contribution >= 4 is 17.7 Å². The zero-order valence-electron chi connectivity index (χ0n) is 14.2. The largest absolute Gasteiger partial charge is 0.371 e. The van der Waals surface area contributed by atoms with Gasteiger partial charge in [0.15, 0.2) is 0 Å². The third-order valence-electron chi connectivity index (χ3n) is 4.76. The molecule has 1 atom stereocenters. The summed E-state index contributed by atoms with van der Waals surface area (Å²) in [7, 11) is 0. The van der Waals surface area contributed by atoms with Gasteiger partial charge in [0.1, 0.15) is 0 Å². The maximum atomic E-state index is 12.4. The van der Waals surface area contributed by atoms with Crippen molar-refractivity contribution in [3.8, 4) is 0 Å². The van der Waals surface area contributed by atoms with Gasteiger partial charge in [0, 0.05) is 42.5 Å². The highest BCUT2D eigenvalue weighted by molar-refractivity contribution is 8.01. The normalized spacial score (nSPS) is 21.3. The Balaban J connectivity index is 1.28. The number of thioether (sulfide) groups is 1. The minimum absolute atomic E-state index is 0.0990. The number of aryl methyl sites for hydroxylation is 1. The molecule has 0 radical (unpaired) electrons. The van der Waals surface area contributed by atoms with Crippen molar-refractivity contribution in [1.82, 2.24) is 14.9 Å². The predicted octanol–water partition coefficient (Wildman–Crippen LogP) is 2.70. The Labute approximate surface area is 151 Å². The molecular formula is C19H21N3O2S. The summed E-state index contributed by atoms with van der Waals surface area (Å²) in [5, 5.41) is 0. The molecule has 25 heavy (non-hydrogen) atoms. The van der Waals surface area contributed by atoms with Crippen LogP contribution >= 0.6 is 11.8 Å². The van der Waals surface area contributed by atoms with Gasteiger partial charge in [-0.2, -0.15) is 0 Å². The van der Waals surface area contributed by atoms with Crippen LogP contribution in [-0.2, 0) is 11.3 Å². The first-order valence-corrected chi connectivity index (χ1v) is 9.50. The summed E-state index contributed by atoms with van der Waals surface area (Å²) in [6.07, 6.45) is 4.57. The number of hydrogen-bond donors (Lipinski definition) is 0. The second-order valence-electron chi connectivity index (χ2n) is 6.80. The number of nitrogens with zero attached hydrogens (tertiary/aromatic N) is 3. The van der Waals surface area contributed by atoms with E-state index in [-0.39, 0.29) is 16.8 Å². The molecule has 0 aliphatic carbocycles. The third-order valence-corrected chi connectivity index (χ3v) is 6.34. The number of carbonyl (C=O) groups is 1. The highest BCUT2D eigenvalue weighted by atomic mass is 32.2. The van der Waals surface area contributed by atoms with Crippen LogP contribution in [0.5, 0.6) is 0 Å². The summed E-state index contributed by atoms with van der Waals surface area (Å²) >= 11 is 1.94. The molecule has 0 N–H and O–H groups in total. The molecule has 2 aromatic rings. The van der Waals surface area contributed by atoms with Crippen LogP contribution in [0.3, 0.4) is 0 Å². The predicted molar refractivity (Wildman–Crippen MR) is 97.5 cm³/mol. The fourth-order valence-corrected chi connectivity index (χ4v) is 5.03. The quantitative estimate of drug-likeness (QED) is 0.844. The van der Waals surface area contributed by atoms with Gasteiger partial charge in [-0.05, 0) is 37.6 Å². The molecule has 2 aliphatic rings. The van der Waals surface area contributed by atoms with E-state index in [1.807, 2.05) is 41.8 Å². The summed E-state index contributed by atoms with van der Waals surface area (Å²) in [6, 6.07) is 9.56. The molecule has 2 aliphatic heterocycles. The van der Waals surface area contributed by atoms with Crippen molar-refractivity contribution in [2.75, 3.05) is 18.8 Å². The Bertz CT molecular complexity index is 762. The molecule has 4 heterocycles. The third kappa shape index (κ3) is 3.55. The number of hydrogen-bond acceptors (Lipinski definition) is 5. The van der Waals surface area contributed by atoms with Gasteiger partial charge >= 0.3 is 0 Å². The number of ether oxygens (including phenoxy) is 1. The van der Waals surface area contributed by atoms with Crippen molar-refractivity contribution in [2.45, 2.75) is 30.8 Å². The van der Waals surface area contributed by atoms with Gasteiger partial charge in [-0.25, -0.2) is 0 Å². The molecule has 4 rings (SSSR count). The minimum Gasteiger partial charge on any atom is -0.371 e. The van der Waals surface area contributed by atoms with Crippen LogP contribution in [-0.4, -0.2) is 50.5 Å². The average molecular weight is 355 g/mol. The van der Waals surface area contributed by atoms with E-state index in [9.17, 15) is 4.79 Å². The summed E-state index contributed by atoms with van der Waals surface area (Å²) < 4.78 is 6.23. The number of aromatic nitrogens is 2. The summed E-state index contributed by atoms with van der Waals surface area (Å²) in [5.74, 6) is 1.09. The van der Waals surface area contributed by atoms with Gasteiger partial charge in [-0.1, -0.05) is 6.07 Å². The zero-order valence-corrected chi connectivity index (χ0v) is 15.0. The van der Waals surface area contributed by atoms with Gasteiger partial charge in [0.05, 0.1) is 23.2 Å². The second-order valence-corrected chi connectivity index (χ2v) is 8.29. The molecule has 1 amide bonds. The molecule has 130 valence electrons. The highest BCUT2D eigenvalue weighted by Crippen LogP contribution is 2.46. The van der Waals surface area contributed by atoms with Crippen molar-refractivity contribution in [3.63, 3.8) is 0 Å². The van der Waals surface area contributed by atoms with Crippen LogP contribution < -0.4 is 0 Å². The molecule has 0 bridgehead atoms. The summed E-state index contributed by atoms with van der Waals surface area (Å²) in [5.41, 5.74) is 2.71. The van der Waals surface area contributed by atoms with E-state index < -0.39 is 0 Å². The fourth-order valence-electron chi connectivity index (χ4n) is 3.48. The monoisotopic (exact) mass is 355 g/mol.